The van der Waals surface area contributed by atoms with Gasteiger partial charge in [-0.05, 0) is 44.7 Å². The van der Waals surface area contributed by atoms with Gasteiger partial charge in [0.1, 0.15) is 5.75 Å². The van der Waals surface area contributed by atoms with Gasteiger partial charge in [0.25, 0.3) is 5.91 Å². The van der Waals surface area contributed by atoms with E-state index in [9.17, 15) is 9.59 Å². The molecule has 0 bridgehead atoms. The van der Waals surface area contributed by atoms with E-state index in [-0.39, 0.29) is 18.3 Å². The number of rotatable bonds is 5. The number of likely N-dealkylation sites (tertiary alicyclic amines) is 1. The van der Waals surface area contributed by atoms with Gasteiger partial charge in [-0.2, -0.15) is 0 Å². The number of carbonyl (C=O) groups is 2. The molecule has 0 saturated carbocycles. The number of para-hydroxylation sites is 1. The van der Waals surface area contributed by atoms with Crippen LogP contribution in [0, 0.1) is 0 Å². The van der Waals surface area contributed by atoms with Crippen LogP contribution < -0.4 is 4.74 Å². The second-order valence-electron chi connectivity index (χ2n) is 5.49. The minimum Gasteiger partial charge on any atom is -0.483 e. The van der Waals surface area contributed by atoms with Gasteiger partial charge in [0.05, 0.1) is 5.56 Å². The Hall–Kier alpha value is -1.84. The van der Waals surface area contributed by atoms with Gasteiger partial charge in [-0.25, -0.2) is 0 Å². The zero-order chi connectivity index (χ0) is 15.2. The van der Waals surface area contributed by atoms with Crippen LogP contribution in [0.5, 0.6) is 5.75 Å². The fourth-order valence-corrected chi connectivity index (χ4v) is 2.86. The molecule has 0 N–H and O–H groups in total. The number of hydrogen-bond acceptors (Lipinski definition) is 3. The molecule has 1 saturated heterocycles. The van der Waals surface area contributed by atoms with Crippen molar-refractivity contribution in [3.05, 3.63) is 29.8 Å². The lowest BCUT2D eigenvalue weighted by Gasteiger charge is -2.35. The molecule has 0 radical (unpaired) electrons. The maximum Gasteiger partial charge on any atom is 0.260 e. The summed E-state index contributed by atoms with van der Waals surface area (Å²) >= 11 is 0. The highest BCUT2D eigenvalue weighted by Gasteiger charge is 2.25. The van der Waals surface area contributed by atoms with E-state index in [1.807, 2.05) is 11.0 Å². The van der Waals surface area contributed by atoms with Crippen LogP contribution in [-0.4, -0.2) is 35.8 Å². The Labute approximate surface area is 126 Å². The highest BCUT2D eigenvalue weighted by Crippen LogP contribution is 2.21. The Morgan fingerprint density at radius 3 is 2.76 bits per heavy atom. The first kappa shape index (κ1) is 15.5. The highest BCUT2D eigenvalue weighted by molar-refractivity contribution is 5.96. The summed E-state index contributed by atoms with van der Waals surface area (Å²) < 4.78 is 5.59. The number of benzene rings is 1. The average Bonchev–Trinajstić information content (AvgIpc) is 2.52. The van der Waals surface area contributed by atoms with Crippen molar-refractivity contribution in [1.82, 2.24) is 4.90 Å². The molecule has 1 aromatic rings. The summed E-state index contributed by atoms with van der Waals surface area (Å²) in [6.07, 6.45) is 4.31. The van der Waals surface area contributed by atoms with Crippen LogP contribution in [0.4, 0.5) is 0 Å². The molecule has 1 amide bonds. The third-order valence-corrected chi connectivity index (χ3v) is 4.04. The third kappa shape index (κ3) is 3.84. The van der Waals surface area contributed by atoms with E-state index < -0.39 is 0 Å². The summed E-state index contributed by atoms with van der Waals surface area (Å²) in [6, 6.07) is 7.39. The van der Waals surface area contributed by atoms with Gasteiger partial charge in [0.15, 0.2) is 12.4 Å². The molecule has 1 aliphatic heterocycles. The Balaban J connectivity index is 1.99. The van der Waals surface area contributed by atoms with Gasteiger partial charge in [-0.3, -0.25) is 9.59 Å². The first-order valence-corrected chi connectivity index (χ1v) is 7.65. The van der Waals surface area contributed by atoms with Gasteiger partial charge >= 0.3 is 0 Å². The molecule has 0 aromatic heterocycles. The van der Waals surface area contributed by atoms with Crippen LogP contribution in [0.25, 0.3) is 0 Å². The van der Waals surface area contributed by atoms with Gasteiger partial charge in [0.2, 0.25) is 0 Å². The fraction of sp³-hybridized carbons (Fsp3) is 0.529. The number of amides is 1. The lowest BCUT2D eigenvalue weighted by Crippen LogP contribution is -2.45. The van der Waals surface area contributed by atoms with Gasteiger partial charge in [-0.15, -0.1) is 0 Å². The lowest BCUT2D eigenvalue weighted by molar-refractivity contribution is -0.137. The van der Waals surface area contributed by atoms with Crippen molar-refractivity contribution in [3.8, 4) is 5.75 Å². The van der Waals surface area contributed by atoms with Crippen LogP contribution in [0.1, 0.15) is 49.9 Å². The molecule has 1 aliphatic rings. The summed E-state index contributed by atoms with van der Waals surface area (Å²) in [4.78, 5) is 25.8. The van der Waals surface area contributed by atoms with Crippen LogP contribution in [0.15, 0.2) is 24.3 Å². The number of Topliss-reactive ketones (excluding diaryl/α,β-unsaturated/α-hetero) is 1. The van der Waals surface area contributed by atoms with Crippen molar-refractivity contribution >= 4 is 11.7 Å². The fourth-order valence-electron chi connectivity index (χ4n) is 2.86. The molecule has 21 heavy (non-hydrogen) atoms. The monoisotopic (exact) mass is 289 g/mol. The quantitative estimate of drug-likeness (QED) is 0.783. The zero-order valence-corrected chi connectivity index (χ0v) is 12.8. The highest BCUT2D eigenvalue weighted by atomic mass is 16.5. The molecule has 1 aromatic carbocycles. The molecule has 114 valence electrons. The first-order valence-electron chi connectivity index (χ1n) is 7.65. The second-order valence-corrected chi connectivity index (χ2v) is 5.49. The zero-order valence-electron chi connectivity index (χ0n) is 12.8. The third-order valence-electron chi connectivity index (χ3n) is 4.04. The second kappa shape index (κ2) is 7.25. The molecule has 4 nitrogen and oxygen atoms in total. The molecule has 4 heteroatoms. The van der Waals surface area contributed by atoms with Crippen LogP contribution in [0.2, 0.25) is 0 Å². The van der Waals surface area contributed by atoms with E-state index >= 15 is 0 Å². The van der Waals surface area contributed by atoms with Crippen LogP contribution >= 0.6 is 0 Å². The maximum atomic E-state index is 12.3. The molecule has 0 spiro atoms. The van der Waals surface area contributed by atoms with E-state index in [4.69, 9.17) is 4.74 Å². The first-order chi connectivity index (χ1) is 10.1. The molecule has 1 heterocycles. The predicted molar refractivity (Wildman–Crippen MR) is 81.6 cm³/mol. The largest absolute Gasteiger partial charge is 0.483 e. The van der Waals surface area contributed by atoms with Gasteiger partial charge < -0.3 is 9.64 Å². The summed E-state index contributed by atoms with van der Waals surface area (Å²) in [7, 11) is 0. The summed E-state index contributed by atoms with van der Waals surface area (Å²) in [5, 5.41) is 0. The topological polar surface area (TPSA) is 46.6 Å². The van der Waals surface area contributed by atoms with E-state index in [1.54, 1.807) is 18.2 Å². The number of piperidine rings is 1. The molecule has 2 rings (SSSR count). The minimum atomic E-state index is -0.0533. The lowest BCUT2D eigenvalue weighted by atomic mass is 10.00. The Morgan fingerprint density at radius 1 is 1.29 bits per heavy atom. The Bertz CT molecular complexity index is 513. The predicted octanol–water partition coefficient (Wildman–Crippen LogP) is 3.06. The molecule has 0 aliphatic carbocycles. The van der Waals surface area contributed by atoms with Gasteiger partial charge in [0, 0.05) is 12.6 Å². The van der Waals surface area contributed by atoms with Gasteiger partial charge in [-0.1, -0.05) is 19.1 Å². The SMILES string of the molecule is CCC1CCCCN1C(=O)COc1ccccc1C(C)=O. The van der Waals surface area contributed by atoms with Crippen LogP contribution in [0.3, 0.4) is 0 Å². The number of ether oxygens (including phenoxy) is 1. The Kier molecular flexibility index (Phi) is 5.37. The van der Waals surface area contributed by atoms with E-state index in [0.717, 1.165) is 25.8 Å². The number of ketones is 1. The van der Waals surface area contributed by atoms with Crippen molar-refractivity contribution in [2.75, 3.05) is 13.2 Å². The van der Waals surface area contributed by atoms with Crippen molar-refractivity contribution in [2.24, 2.45) is 0 Å². The van der Waals surface area contributed by atoms with Crippen LogP contribution in [-0.2, 0) is 4.79 Å². The molecule has 1 atom stereocenters. The molecular weight excluding hydrogens is 266 g/mol. The smallest absolute Gasteiger partial charge is 0.260 e. The standard InChI is InChI=1S/C17H23NO3/c1-3-14-8-6-7-11-18(14)17(20)12-21-16-10-5-4-9-15(16)13(2)19/h4-5,9-10,14H,3,6-8,11-12H2,1-2H3. The normalized spacial score (nSPS) is 18.4. The summed E-state index contributed by atoms with van der Waals surface area (Å²) in [6.45, 7) is 4.43. The molecule has 1 fully saturated rings. The maximum absolute atomic E-state index is 12.3. The Morgan fingerprint density at radius 2 is 2.05 bits per heavy atom. The van der Waals surface area contributed by atoms with Crippen molar-refractivity contribution in [1.29, 1.82) is 0 Å². The molecule has 1 unspecified atom stereocenters. The summed E-state index contributed by atoms with van der Waals surface area (Å²) in [5.41, 5.74) is 0.524. The average molecular weight is 289 g/mol. The van der Waals surface area contributed by atoms with E-state index in [2.05, 4.69) is 6.92 Å². The number of carbonyl (C=O) groups excluding carboxylic acids is 2. The number of nitrogens with zero attached hydrogens (tertiary/aromatic N) is 1. The van der Waals surface area contributed by atoms with E-state index in [1.165, 1.54) is 13.3 Å². The van der Waals surface area contributed by atoms with Crippen molar-refractivity contribution in [2.45, 2.75) is 45.6 Å². The van der Waals surface area contributed by atoms with Crippen molar-refractivity contribution < 1.29 is 14.3 Å². The number of hydrogen-bond donors (Lipinski definition) is 0. The van der Waals surface area contributed by atoms with E-state index in [0.29, 0.717) is 17.4 Å². The minimum absolute atomic E-state index is 0.000787. The van der Waals surface area contributed by atoms with Crippen molar-refractivity contribution in [3.63, 3.8) is 0 Å². The summed E-state index contributed by atoms with van der Waals surface area (Å²) in [5.74, 6) is 0.450. The molecular formula is C17H23NO3.